The molecule has 0 bridgehead atoms. The standard InChI is InChI=1S/C32H31FN4O4/c1-18-6-7-20(33)16-24(18)28(34)27-23(10-11-25-29(27)37(4)31(39)32(2,3)36-25)22-9-8-21(17-26(22)40-5)41-30(38)19-12-14-35-15-13-19/h6-17,28,36H,34H2,1-5H3. The molecule has 4 aromatic rings. The zero-order valence-electron chi connectivity index (χ0n) is 23.5. The number of nitrogens with two attached hydrogens (primary N) is 1. The average Bonchev–Trinajstić information content (AvgIpc) is 2.96. The Morgan fingerprint density at radius 1 is 1.05 bits per heavy atom. The number of carbonyl (C=O) groups excluding carboxylic acids is 2. The Labute approximate surface area is 237 Å². The molecule has 1 atom stereocenters. The molecule has 1 unspecified atom stereocenters. The Balaban J connectivity index is 1.67. The molecular weight excluding hydrogens is 523 g/mol. The summed E-state index contributed by atoms with van der Waals surface area (Å²) in [6, 6.07) is 15.7. The van der Waals surface area contributed by atoms with Crippen molar-refractivity contribution >= 4 is 23.3 Å². The molecule has 0 radical (unpaired) electrons. The van der Waals surface area contributed by atoms with Crippen molar-refractivity contribution in [2.24, 2.45) is 5.73 Å². The van der Waals surface area contributed by atoms with Crippen molar-refractivity contribution in [3.05, 3.63) is 101 Å². The van der Waals surface area contributed by atoms with E-state index in [4.69, 9.17) is 15.2 Å². The van der Waals surface area contributed by atoms with E-state index >= 15 is 0 Å². The fourth-order valence-corrected chi connectivity index (χ4v) is 5.24. The van der Waals surface area contributed by atoms with Crippen LogP contribution in [0.4, 0.5) is 15.8 Å². The van der Waals surface area contributed by atoms with E-state index in [1.165, 1.54) is 31.6 Å². The SMILES string of the molecule is COc1cc(OC(=O)c2ccncc2)ccc1-c1ccc2c(c1C(N)c1cc(F)ccc1C)N(C)C(=O)C(C)(C)N2. The number of carbonyl (C=O) groups is 2. The second kappa shape index (κ2) is 10.7. The van der Waals surface area contributed by atoms with Gasteiger partial charge in [0.15, 0.2) is 0 Å². The fourth-order valence-electron chi connectivity index (χ4n) is 5.24. The molecule has 0 spiro atoms. The molecule has 0 aliphatic carbocycles. The lowest BCUT2D eigenvalue weighted by Gasteiger charge is -2.40. The highest BCUT2D eigenvalue weighted by Gasteiger charge is 2.39. The largest absolute Gasteiger partial charge is 0.496 e. The van der Waals surface area contributed by atoms with Crippen LogP contribution in [0.15, 0.2) is 73.1 Å². The van der Waals surface area contributed by atoms with Crippen LogP contribution in [0.2, 0.25) is 0 Å². The maximum atomic E-state index is 14.4. The molecule has 3 aromatic carbocycles. The number of halogens is 1. The molecule has 0 saturated carbocycles. The first-order chi connectivity index (χ1) is 19.5. The Bertz CT molecular complexity index is 1660. The first kappa shape index (κ1) is 27.8. The van der Waals surface area contributed by atoms with Crippen LogP contribution in [-0.4, -0.2) is 36.6 Å². The number of rotatable bonds is 6. The van der Waals surface area contributed by atoms with E-state index in [2.05, 4.69) is 10.3 Å². The molecule has 9 heteroatoms. The minimum absolute atomic E-state index is 0.142. The molecule has 41 heavy (non-hydrogen) atoms. The number of ether oxygens (including phenoxy) is 2. The van der Waals surface area contributed by atoms with Gasteiger partial charge in [0, 0.05) is 36.6 Å². The van der Waals surface area contributed by atoms with Crippen LogP contribution in [0, 0.1) is 12.7 Å². The summed E-state index contributed by atoms with van der Waals surface area (Å²) in [5, 5.41) is 3.33. The first-order valence-electron chi connectivity index (χ1n) is 13.1. The summed E-state index contributed by atoms with van der Waals surface area (Å²) < 4.78 is 25.7. The molecule has 0 saturated heterocycles. The van der Waals surface area contributed by atoms with Gasteiger partial charge in [0.25, 0.3) is 5.91 Å². The summed E-state index contributed by atoms with van der Waals surface area (Å²) in [5.74, 6) is -0.375. The third kappa shape index (κ3) is 5.12. The average molecular weight is 555 g/mol. The van der Waals surface area contributed by atoms with E-state index in [9.17, 15) is 14.0 Å². The van der Waals surface area contributed by atoms with Gasteiger partial charge in [0.1, 0.15) is 22.9 Å². The number of hydrogen-bond acceptors (Lipinski definition) is 7. The van der Waals surface area contributed by atoms with Crippen molar-refractivity contribution in [1.29, 1.82) is 0 Å². The second-order valence-electron chi connectivity index (χ2n) is 10.5. The van der Waals surface area contributed by atoms with Crippen molar-refractivity contribution in [2.75, 3.05) is 24.4 Å². The highest BCUT2D eigenvalue weighted by molar-refractivity contribution is 6.09. The van der Waals surface area contributed by atoms with Gasteiger partial charge in [-0.3, -0.25) is 9.78 Å². The topological polar surface area (TPSA) is 107 Å². The molecule has 0 fully saturated rings. The molecule has 5 rings (SSSR count). The lowest BCUT2D eigenvalue weighted by atomic mass is 9.85. The van der Waals surface area contributed by atoms with Crippen molar-refractivity contribution in [3.63, 3.8) is 0 Å². The number of likely N-dealkylation sites (N-methyl/N-ethyl adjacent to an activating group) is 1. The van der Waals surface area contributed by atoms with Gasteiger partial charge in [-0.05, 0) is 79.9 Å². The summed E-state index contributed by atoms with van der Waals surface area (Å²) in [6.45, 7) is 5.49. The molecule has 1 aliphatic rings. The number of amides is 1. The van der Waals surface area contributed by atoms with Crippen LogP contribution in [0.5, 0.6) is 11.5 Å². The number of nitrogens with one attached hydrogen (secondary N) is 1. The van der Waals surface area contributed by atoms with Gasteiger partial charge < -0.3 is 25.4 Å². The normalized spacial score (nSPS) is 14.6. The number of aromatic nitrogens is 1. The maximum absolute atomic E-state index is 14.4. The third-order valence-electron chi connectivity index (χ3n) is 7.32. The first-order valence-corrected chi connectivity index (χ1v) is 13.1. The van der Waals surface area contributed by atoms with Crippen LogP contribution in [0.1, 0.15) is 46.9 Å². The number of nitrogens with zero attached hydrogens (tertiary/aromatic N) is 2. The van der Waals surface area contributed by atoms with Crippen molar-refractivity contribution in [3.8, 4) is 22.6 Å². The number of pyridine rings is 1. The molecule has 3 N–H and O–H groups in total. The van der Waals surface area contributed by atoms with E-state index in [0.29, 0.717) is 39.3 Å². The summed E-state index contributed by atoms with van der Waals surface area (Å²) in [7, 11) is 3.23. The predicted octanol–water partition coefficient (Wildman–Crippen LogP) is 5.64. The monoisotopic (exact) mass is 554 g/mol. The Morgan fingerprint density at radius 3 is 2.46 bits per heavy atom. The number of fused-ring (bicyclic) bond motifs is 1. The molecule has 210 valence electrons. The van der Waals surface area contributed by atoms with Crippen LogP contribution in [0.3, 0.4) is 0 Å². The lowest BCUT2D eigenvalue weighted by molar-refractivity contribution is -0.121. The lowest BCUT2D eigenvalue weighted by Crippen LogP contribution is -2.53. The number of aryl methyl sites for hydroxylation is 1. The highest BCUT2D eigenvalue weighted by Crippen LogP contribution is 2.48. The molecule has 1 aromatic heterocycles. The molecule has 1 amide bonds. The number of anilines is 2. The summed E-state index contributed by atoms with van der Waals surface area (Å²) in [6.07, 6.45) is 3.03. The summed E-state index contributed by atoms with van der Waals surface area (Å²) >= 11 is 0. The van der Waals surface area contributed by atoms with Crippen LogP contribution in [0.25, 0.3) is 11.1 Å². The van der Waals surface area contributed by atoms with Crippen LogP contribution < -0.4 is 25.4 Å². The minimum atomic E-state index is -0.836. The number of benzene rings is 3. The molecule has 1 aliphatic heterocycles. The van der Waals surface area contributed by atoms with Gasteiger partial charge in [-0.15, -0.1) is 0 Å². The number of esters is 1. The molecule has 8 nitrogen and oxygen atoms in total. The van der Waals surface area contributed by atoms with Crippen LogP contribution in [-0.2, 0) is 4.79 Å². The molecule has 2 heterocycles. The Morgan fingerprint density at radius 2 is 1.76 bits per heavy atom. The van der Waals surface area contributed by atoms with E-state index in [0.717, 1.165) is 11.3 Å². The van der Waals surface area contributed by atoms with Gasteiger partial charge in [-0.2, -0.15) is 0 Å². The fraction of sp³-hybridized carbons (Fsp3) is 0.219. The smallest absolute Gasteiger partial charge is 0.343 e. The Hall–Kier alpha value is -4.76. The molecular formula is C32H31FN4O4. The van der Waals surface area contributed by atoms with E-state index in [-0.39, 0.29) is 11.7 Å². The Kier molecular flexibility index (Phi) is 7.23. The van der Waals surface area contributed by atoms with Crippen molar-refractivity contribution < 1.29 is 23.5 Å². The van der Waals surface area contributed by atoms with Gasteiger partial charge in [-0.1, -0.05) is 12.1 Å². The maximum Gasteiger partial charge on any atom is 0.343 e. The van der Waals surface area contributed by atoms with E-state index in [1.807, 2.05) is 32.9 Å². The predicted molar refractivity (Wildman–Crippen MR) is 156 cm³/mol. The van der Waals surface area contributed by atoms with Gasteiger partial charge in [0.05, 0.1) is 30.1 Å². The third-order valence-corrected chi connectivity index (χ3v) is 7.32. The summed E-state index contributed by atoms with van der Waals surface area (Å²) in [5.41, 5.74) is 11.1. The van der Waals surface area contributed by atoms with Gasteiger partial charge in [-0.25, -0.2) is 9.18 Å². The van der Waals surface area contributed by atoms with Crippen molar-refractivity contribution in [2.45, 2.75) is 32.4 Å². The van der Waals surface area contributed by atoms with E-state index < -0.39 is 23.4 Å². The van der Waals surface area contributed by atoms with Crippen LogP contribution >= 0.6 is 0 Å². The second-order valence-corrected chi connectivity index (χ2v) is 10.5. The number of methoxy groups -OCH3 is 1. The zero-order chi connectivity index (χ0) is 29.5. The highest BCUT2D eigenvalue weighted by atomic mass is 19.1. The van der Waals surface area contributed by atoms with Gasteiger partial charge >= 0.3 is 5.97 Å². The van der Waals surface area contributed by atoms with E-state index in [1.54, 1.807) is 48.3 Å². The minimum Gasteiger partial charge on any atom is -0.496 e. The quantitative estimate of drug-likeness (QED) is 0.235. The van der Waals surface area contributed by atoms with Gasteiger partial charge in [0.2, 0.25) is 0 Å². The van der Waals surface area contributed by atoms with Crippen molar-refractivity contribution in [1.82, 2.24) is 4.98 Å². The zero-order valence-corrected chi connectivity index (χ0v) is 23.5. The number of hydrogen-bond donors (Lipinski definition) is 2. The summed E-state index contributed by atoms with van der Waals surface area (Å²) in [4.78, 5) is 31.5.